The van der Waals surface area contributed by atoms with Gasteiger partial charge in [-0.1, -0.05) is 22.9 Å². The van der Waals surface area contributed by atoms with Crippen LogP contribution >= 0.6 is 15.9 Å². The molecule has 1 aromatic rings. The van der Waals surface area contributed by atoms with E-state index in [1.54, 1.807) is 0 Å². The molecule has 21 heavy (non-hydrogen) atoms. The van der Waals surface area contributed by atoms with Crippen LogP contribution in [0.3, 0.4) is 0 Å². The van der Waals surface area contributed by atoms with Crippen molar-refractivity contribution in [3.8, 4) is 11.8 Å². The molecule has 1 fully saturated rings. The van der Waals surface area contributed by atoms with Crippen LogP contribution in [0.4, 0.5) is 0 Å². The summed E-state index contributed by atoms with van der Waals surface area (Å²) in [5.74, 6) is 0.978. The first kappa shape index (κ1) is 16.3. The second kappa shape index (κ2) is 7.29. The molecule has 0 spiro atoms. The van der Waals surface area contributed by atoms with Gasteiger partial charge in [-0.15, -0.1) is 0 Å². The summed E-state index contributed by atoms with van der Waals surface area (Å²) >= 11 is 3.56. The van der Waals surface area contributed by atoms with E-state index in [-0.39, 0.29) is 5.41 Å². The van der Waals surface area contributed by atoms with Crippen LogP contribution in [0, 0.1) is 23.7 Å². The fraction of sp³-hybridized carbons (Fsp3) is 0.588. The molecule has 0 heterocycles. The molecule has 114 valence electrons. The molecular weight excluding hydrogens is 328 g/mol. The summed E-state index contributed by atoms with van der Waals surface area (Å²) < 4.78 is 7.20. The monoisotopic (exact) mass is 350 g/mol. The number of ether oxygens (including phenoxy) is 1. The third-order valence-corrected chi connectivity index (χ3v) is 4.45. The Labute approximate surface area is 135 Å². The highest BCUT2D eigenvalue weighted by molar-refractivity contribution is 9.10. The Kier molecular flexibility index (Phi) is 5.66. The van der Waals surface area contributed by atoms with Gasteiger partial charge in [0.2, 0.25) is 0 Å². The number of hydrogen-bond acceptors (Lipinski definition) is 3. The minimum atomic E-state index is 0.113. The van der Waals surface area contributed by atoms with Gasteiger partial charge in [0.05, 0.1) is 12.7 Å². The van der Waals surface area contributed by atoms with Gasteiger partial charge in [-0.2, -0.15) is 5.26 Å². The van der Waals surface area contributed by atoms with Crippen molar-refractivity contribution in [3.05, 3.63) is 27.7 Å². The van der Waals surface area contributed by atoms with Crippen molar-refractivity contribution in [2.24, 2.45) is 5.41 Å². The summed E-state index contributed by atoms with van der Waals surface area (Å²) in [5.41, 5.74) is 2.44. The Morgan fingerprint density at radius 1 is 1.43 bits per heavy atom. The minimum absolute atomic E-state index is 0.113. The molecule has 1 saturated carbocycles. The van der Waals surface area contributed by atoms with Gasteiger partial charge >= 0.3 is 0 Å². The lowest BCUT2D eigenvalue weighted by Crippen LogP contribution is -2.17. The molecule has 0 amide bonds. The number of aryl methyl sites for hydroxylation is 1. The molecule has 0 unspecified atom stereocenters. The van der Waals surface area contributed by atoms with E-state index in [4.69, 9.17) is 10.00 Å². The van der Waals surface area contributed by atoms with E-state index in [1.807, 2.05) is 0 Å². The highest BCUT2D eigenvalue weighted by Gasteiger charge is 2.43. The highest BCUT2D eigenvalue weighted by atomic mass is 79.9. The highest BCUT2D eigenvalue weighted by Crippen LogP contribution is 2.49. The Morgan fingerprint density at radius 3 is 2.81 bits per heavy atom. The number of nitrogens with one attached hydrogen (secondary N) is 1. The number of nitrogens with zero attached hydrogens (tertiary/aromatic N) is 1. The lowest BCUT2D eigenvalue weighted by Gasteiger charge is -2.18. The van der Waals surface area contributed by atoms with Gasteiger partial charge in [0.15, 0.2) is 0 Å². The van der Waals surface area contributed by atoms with Gasteiger partial charge in [0.1, 0.15) is 5.75 Å². The molecule has 0 aliphatic heterocycles. The van der Waals surface area contributed by atoms with E-state index in [1.165, 1.54) is 5.56 Å². The topological polar surface area (TPSA) is 45.0 Å². The lowest BCUT2D eigenvalue weighted by molar-refractivity contribution is 0.233. The molecule has 3 nitrogen and oxygen atoms in total. The molecule has 2 rings (SSSR count). The molecule has 1 N–H and O–H groups in total. The second-order valence-corrected chi connectivity index (χ2v) is 6.93. The quantitative estimate of drug-likeness (QED) is 0.709. The molecule has 4 heteroatoms. The van der Waals surface area contributed by atoms with E-state index in [2.05, 4.69) is 53.3 Å². The van der Waals surface area contributed by atoms with E-state index in [0.717, 1.165) is 48.1 Å². The minimum Gasteiger partial charge on any atom is -0.492 e. The Morgan fingerprint density at radius 2 is 2.19 bits per heavy atom. The first-order valence-corrected chi connectivity index (χ1v) is 8.39. The Balaban J connectivity index is 2.08. The molecule has 1 aliphatic carbocycles. The van der Waals surface area contributed by atoms with Crippen LogP contribution in [0.2, 0.25) is 0 Å². The van der Waals surface area contributed by atoms with E-state index >= 15 is 0 Å². The van der Waals surface area contributed by atoms with Crippen molar-refractivity contribution in [2.75, 3.05) is 13.2 Å². The van der Waals surface area contributed by atoms with E-state index in [9.17, 15) is 0 Å². The van der Waals surface area contributed by atoms with Crippen molar-refractivity contribution in [3.63, 3.8) is 0 Å². The number of benzene rings is 1. The Hall–Kier alpha value is -1.05. The van der Waals surface area contributed by atoms with Crippen molar-refractivity contribution >= 4 is 15.9 Å². The van der Waals surface area contributed by atoms with Crippen molar-refractivity contribution in [2.45, 2.75) is 46.1 Å². The van der Waals surface area contributed by atoms with Gasteiger partial charge in [0.25, 0.3) is 0 Å². The zero-order valence-electron chi connectivity index (χ0n) is 12.8. The summed E-state index contributed by atoms with van der Waals surface area (Å²) in [4.78, 5) is 0. The fourth-order valence-electron chi connectivity index (χ4n) is 2.48. The maximum Gasteiger partial charge on any atom is 0.126 e. The summed E-state index contributed by atoms with van der Waals surface area (Å²) in [5, 5.41) is 12.3. The number of halogens is 1. The SMILES string of the molecule is CCCNCc1cc(Br)cc(C)c1OCC1(CC#N)CC1. The normalized spacial score (nSPS) is 15.5. The number of nitriles is 1. The molecular formula is C17H23BrN2O. The van der Waals surface area contributed by atoms with Crippen LogP contribution in [-0.2, 0) is 6.54 Å². The van der Waals surface area contributed by atoms with Crippen molar-refractivity contribution in [1.29, 1.82) is 5.26 Å². The molecule has 0 radical (unpaired) electrons. The summed E-state index contributed by atoms with van der Waals surface area (Å²) in [7, 11) is 0. The van der Waals surface area contributed by atoms with E-state index < -0.39 is 0 Å². The third-order valence-electron chi connectivity index (χ3n) is 3.99. The maximum absolute atomic E-state index is 8.91. The molecule has 1 aliphatic rings. The number of hydrogen-bond donors (Lipinski definition) is 1. The van der Waals surface area contributed by atoms with Crippen LogP contribution in [0.1, 0.15) is 43.7 Å². The predicted molar refractivity (Wildman–Crippen MR) is 88.3 cm³/mol. The fourth-order valence-corrected chi connectivity index (χ4v) is 3.10. The van der Waals surface area contributed by atoms with Gasteiger partial charge in [-0.05, 0) is 50.4 Å². The third kappa shape index (κ3) is 4.46. The van der Waals surface area contributed by atoms with Gasteiger partial charge < -0.3 is 10.1 Å². The van der Waals surface area contributed by atoms with Crippen LogP contribution in [0.25, 0.3) is 0 Å². The van der Waals surface area contributed by atoms with Crippen LogP contribution in [-0.4, -0.2) is 13.2 Å². The molecule has 0 aromatic heterocycles. The maximum atomic E-state index is 8.91. The first-order valence-electron chi connectivity index (χ1n) is 7.60. The summed E-state index contributed by atoms with van der Waals surface area (Å²) in [6.45, 7) is 6.71. The van der Waals surface area contributed by atoms with Crippen LogP contribution in [0.15, 0.2) is 16.6 Å². The Bertz CT molecular complexity index is 532. The average Bonchev–Trinajstić information content (AvgIpc) is 3.18. The summed E-state index contributed by atoms with van der Waals surface area (Å²) in [6.07, 6.45) is 3.94. The first-order chi connectivity index (χ1) is 10.1. The van der Waals surface area contributed by atoms with Gasteiger partial charge in [0, 0.05) is 28.4 Å². The molecule has 0 atom stereocenters. The van der Waals surface area contributed by atoms with Crippen molar-refractivity contribution in [1.82, 2.24) is 5.32 Å². The lowest BCUT2D eigenvalue weighted by atomic mass is 10.0. The molecule has 0 bridgehead atoms. The zero-order valence-corrected chi connectivity index (χ0v) is 14.4. The standard InChI is InChI=1S/C17H23BrN2O/c1-3-8-20-11-14-10-15(18)9-13(2)16(14)21-12-17(4-5-17)6-7-19/h9-10,20H,3-6,8,11-12H2,1-2H3. The summed E-state index contributed by atoms with van der Waals surface area (Å²) in [6, 6.07) is 6.49. The largest absolute Gasteiger partial charge is 0.492 e. The van der Waals surface area contributed by atoms with Gasteiger partial charge in [-0.3, -0.25) is 0 Å². The zero-order chi connectivity index (χ0) is 15.3. The second-order valence-electron chi connectivity index (χ2n) is 6.01. The predicted octanol–water partition coefficient (Wildman–Crippen LogP) is 4.33. The average molecular weight is 351 g/mol. The van der Waals surface area contributed by atoms with Crippen molar-refractivity contribution < 1.29 is 4.74 Å². The van der Waals surface area contributed by atoms with Crippen LogP contribution < -0.4 is 10.1 Å². The molecule has 1 aromatic carbocycles. The van der Waals surface area contributed by atoms with Crippen LogP contribution in [0.5, 0.6) is 5.75 Å². The van der Waals surface area contributed by atoms with Gasteiger partial charge in [-0.25, -0.2) is 0 Å². The smallest absolute Gasteiger partial charge is 0.126 e. The molecule has 0 saturated heterocycles. The van der Waals surface area contributed by atoms with E-state index in [0.29, 0.717) is 13.0 Å². The number of rotatable bonds is 8.